The fourth-order valence-corrected chi connectivity index (χ4v) is 2.33. The molecule has 0 atom stereocenters. The van der Waals surface area contributed by atoms with Gasteiger partial charge < -0.3 is 0 Å². The quantitative estimate of drug-likeness (QED) is 0.432. The SMILES string of the molecule is O=S1CS(=O)C1. The van der Waals surface area contributed by atoms with E-state index < -0.39 is 21.6 Å². The van der Waals surface area contributed by atoms with E-state index in [0.29, 0.717) is 10.2 Å². The van der Waals surface area contributed by atoms with Crippen molar-refractivity contribution in [2.24, 2.45) is 0 Å². The molecule has 2 nitrogen and oxygen atoms in total. The molecule has 1 fully saturated rings. The topological polar surface area (TPSA) is 34.1 Å². The van der Waals surface area contributed by atoms with Crippen molar-refractivity contribution in [1.82, 2.24) is 0 Å². The summed E-state index contributed by atoms with van der Waals surface area (Å²) in [6, 6.07) is 0. The molecule has 0 amide bonds. The van der Waals surface area contributed by atoms with E-state index in [-0.39, 0.29) is 0 Å². The Balaban J connectivity index is 2.47. The van der Waals surface area contributed by atoms with E-state index in [1.165, 1.54) is 0 Å². The molecular formula is C2H4O2S2. The van der Waals surface area contributed by atoms with Gasteiger partial charge in [0, 0.05) is 21.6 Å². The summed E-state index contributed by atoms with van der Waals surface area (Å²) >= 11 is 0. The molecule has 1 aliphatic heterocycles. The number of hydrogen-bond acceptors (Lipinski definition) is 2. The number of hydrogen-bond donors (Lipinski definition) is 0. The predicted molar refractivity (Wildman–Crippen MR) is 26.0 cm³/mol. The van der Waals surface area contributed by atoms with E-state index in [1.54, 1.807) is 0 Å². The molecule has 0 bridgehead atoms. The lowest BCUT2D eigenvalue weighted by atomic mass is 11.8. The third-order valence-corrected chi connectivity index (χ3v) is 4.73. The van der Waals surface area contributed by atoms with Crippen LogP contribution in [0.25, 0.3) is 0 Å². The molecule has 1 saturated heterocycles. The van der Waals surface area contributed by atoms with Gasteiger partial charge in [0.1, 0.15) is 10.2 Å². The van der Waals surface area contributed by atoms with Gasteiger partial charge in [0.25, 0.3) is 0 Å². The van der Waals surface area contributed by atoms with Gasteiger partial charge in [0.15, 0.2) is 0 Å². The van der Waals surface area contributed by atoms with Gasteiger partial charge in [-0.25, -0.2) is 0 Å². The molecule has 1 heterocycles. The summed E-state index contributed by atoms with van der Waals surface area (Å²) in [5.41, 5.74) is 0. The van der Waals surface area contributed by atoms with Gasteiger partial charge >= 0.3 is 0 Å². The van der Waals surface area contributed by atoms with E-state index in [1.807, 2.05) is 0 Å². The fraction of sp³-hybridized carbons (Fsp3) is 1.00. The first kappa shape index (κ1) is 4.46. The molecule has 0 aliphatic carbocycles. The van der Waals surface area contributed by atoms with Gasteiger partial charge in [-0.1, -0.05) is 0 Å². The molecule has 36 valence electrons. The minimum absolute atomic E-state index is 0.417. The Morgan fingerprint density at radius 3 is 1.33 bits per heavy atom. The van der Waals surface area contributed by atoms with E-state index >= 15 is 0 Å². The number of rotatable bonds is 0. The molecule has 6 heavy (non-hydrogen) atoms. The van der Waals surface area contributed by atoms with Crippen molar-refractivity contribution in [3.63, 3.8) is 0 Å². The van der Waals surface area contributed by atoms with Gasteiger partial charge in [0.05, 0.1) is 0 Å². The highest BCUT2D eigenvalue weighted by Crippen LogP contribution is 2.02. The Morgan fingerprint density at radius 2 is 1.33 bits per heavy atom. The second kappa shape index (κ2) is 1.42. The van der Waals surface area contributed by atoms with E-state index in [4.69, 9.17) is 0 Å². The van der Waals surface area contributed by atoms with Gasteiger partial charge in [-0.2, -0.15) is 0 Å². The Labute approximate surface area is 40.8 Å². The zero-order chi connectivity index (χ0) is 4.57. The van der Waals surface area contributed by atoms with Crippen molar-refractivity contribution in [2.75, 3.05) is 10.2 Å². The molecule has 1 rings (SSSR count). The van der Waals surface area contributed by atoms with Crippen molar-refractivity contribution in [3.05, 3.63) is 0 Å². The van der Waals surface area contributed by atoms with Crippen molar-refractivity contribution < 1.29 is 8.42 Å². The summed E-state index contributed by atoms with van der Waals surface area (Å²) in [4.78, 5) is 0. The minimum Gasteiger partial charge on any atom is -0.258 e. The lowest BCUT2D eigenvalue weighted by Gasteiger charge is -2.07. The zero-order valence-electron chi connectivity index (χ0n) is 3.05. The van der Waals surface area contributed by atoms with Gasteiger partial charge in [-0.15, -0.1) is 0 Å². The van der Waals surface area contributed by atoms with Gasteiger partial charge in [-0.3, -0.25) is 8.42 Å². The summed E-state index contributed by atoms with van der Waals surface area (Å²) in [5, 5.41) is 0.833. The van der Waals surface area contributed by atoms with Crippen LogP contribution in [0.15, 0.2) is 0 Å². The summed E-state index contributed by atoms with van der Waals surface area (Å²) in [7, 11) is -1.44. The first-order chi connectivity index (χ1) is 2.79. The third-order valence-electron chi connectivity index (χ3n) is 0.526. The van der Waals surface area contributed by atoms with Crippen molar-refractivity contribution in [1.29, 1.82) is 0 Å². The molecule has 0 radical (unpaired) electrons. The summed E-state index contributed by atoms with van der Waals surface area (Å²) in [5.74, 6) is 0. The highest BCUT2D eigenvalue weighted by Gasteiger charge is 2.18. The average molecular weight is 124 g/mol. The molecule has 0 aromatic rings. The Morgan fingerprint density at radius 1 is 1.00 bits per heavy atom. The summed E-state index contributed by atoms with van der Waals surface area (Å²) in [6.07, 6.45) is 0. The molecule has 0 aromatic carbocycles. The first-order valence-corrected chi connectivity index (χ1v) is 4.46. The van der Waals surface area contributed by atoms with Crippen LogP contribution in [0.5, 0.6) is 0 Å². The Bertz CT molecular complexity index is 86.1. The Kier molecular flexibility index (Phi) is 1.06. The molecule has 0 spiro atoms. The maximum absolute atomic E-state index is 10.0. The van der Waals surface area contributed by atoms with Crippen molar-refractivity contribution >= 4 is 21.6 Å². The van der Waals surface area contributed by atoms with Gasteiger partial charge in [0.2, 0.25) is 0 Å². The highest BCUT2D eigenvalue weighted by atomic mass is 32.3. The molecule has 0 unspecified atom stereocenters. The molecule has 0 aromatic heterocycles. The van der Waals surface area contributed by atoms with Crippen LogP contribution in [0.4, 0.5) is 0 Å². The molecule has 0 N–H and O–H groups in total. The minimum atomic E-state index is -0.722. The maximum Gasteiger partial charge on any atom is 0.101 e. The zero-order valence-corrected chi connectivity index (χ0v) is 4.68. The largest absolute Gasteiger partial charge is 0.258 e. The lowest BCUT2D eigenvalue weighted by Crippen LogP contribution is -2.23. The smallest absolute Gasteiger partial charge is 0.101 e. The maximum atomic E-state index is 10.0. The molecule has 1 aliphatic rings. The second-order valence-corrected chi connectivity index (χ2v) is 4.76. The van der Waals surface area contributed by atoms with Crippen LogP contribution in [-0.2, 0) is 21.6 Å². The van der Waals surface area contributed by atoms with E-state index in [0.717, 1.165) is 0 Å². The van der Waals surface area contributed by atoms with Crippen LogP contribution in [0.2, 0.25) is 0 Å². The third kappa shape index (κ3) is 0.680. The monoisotopic (exact) mass is 124 g/mol. The second-order valence-electron chi connectivity index (χ2n) is 1.12. The van der Waals surface area contributed by atoms with Crippen molar-refractivity contribution in [2.45, 2.75) is 0 Å². The van der Waals surface area contributed by atoms with E-state index in [9.17, 15) is 8.42 Å². The normalized spacial score (nSPS) is 44.7. The van der Waals surface area contributed by atoms with Crippen LogP contribution in [0, 0.1) is 0 Å². The van der Waals surface area contributed by atoms with Crippen LogP contribution in [-0.4, -0.2) is 18.6 Å². The van der Waals surface area contributed by atoms with Crippen LogP contribution < -0.4 is 0 Å². The summed E-state index contributed by atoms with van der Waals surface area (Å²) < 4.78 is 20.1. The Hall–Kier alpha value is 0.300. The van der Waals surface area contributed by atoms with E-state index in [2.05, 4.69) is 0 Å². The average Bonchev–Trinajstić information content (AvgIpc) is 1.33. The van der Waals surface area contributed by atoms with Crippen LogP contribution in [0.1, 0.15) is 0 Å². The highest BCUT2D eigenvalue weighted by molar-refractivity contribution is 8.17. The molecular weight excluding hydrogens is 120 g/mol. The lowest BCUT2D eigenvalue weighted by molar-refractivity contribution is 0.674. The standard InChI is InChI=1S/C2H4O2S2/c3-5-1-6(4)2-5/h1-2H2. The fourth-order valence-electron chi connectivity index (χ4n) is 0.259. The predicted octanol–water partition coefficient (Wildman–Crippen LogP) is -0.588. The van der Waals surface area contributed by atoms with Crippen LogP contribution in [0.3, 0.4) is 0 Å². The molecule has 4 heteroatoms. The summed E-state index contributed by atoms with van der Waals surface area (Å²) in [6.45, 7) is 0. The van der Waals surface area contributed by atoms with Gasteiger partial charge in [-0.05, 0) is 0 Å². The van der Waals surface area contributed by atoms with Crippen LogP contribution >= 0.6 is 0 Å². The first-order valence-electron chi connectivity index (χ1n) is 1.49. The molecule has 0 saturated carbocycles. The van der Waals surface area contributed by atoms with Crippen molar-refractivity contribution in [3.8, 4) is 0 Å².